The van der Waals surface area contributed by atoms with E-state index in [1.807, 2.05) is 29.7 Å². The molecule has 0 bridgehead atoms. The molecule has 120 valence electrons. The Labute approximate surface area is 133 Å². The highest BCUT2D eigenvalue weighted by Gasteiger charge is 2.09. The third kappa shape index (κ3) is 3.31. The molecule has 0 radical (unpaired) electrons. The third-order valence-electron chi connectivity index (χ3n) is 3.59. The SMILES string of the molecule is Cc1cccn2c(CC(=O)NCCNc3ncnn3C)cnc12. The molecule has 3 aromatic heterocycles. The van der Waals surface area contributed by atoms with E-state index in [9.17, 15) is 4.79 Å². The summed E-state index contributed by atoms with van der Waals surface area (Å²) in [5, 5.41) is 9.95. The molecule has 3 rings (SSSR count). The summed E-state index contributed by atoms with van der Waals surface area (Å²) in [5.41, 5.74) is 2.86. The Hall–Kier alpha value is -2.90. The standard InChI is InChI=1S/C15H19N7O/c1-11-4-3-7-22-12(9-18-14(11)22)8-13(23)16-5-6-17-15-19-10-20-21(15)2/h3-4,7,9-10H,5-6,8H2,1-2H3,(H,16,23)(H,17,19,20). The van der Waals surface area contributed by atoms with Crippen LogP contribution in [0.4, 0.5) is 5.95 Å². The van der Waals surface area contributed by atoms with E-state index in [1.54, 1.807) is 17.9 Å². The van der Waals surface area contributed by atoms with Crippen LogP contribution in [0, 0.1) is 6.92 Å². The molecule has 3 aromatic rings. The number of nitrogens with zero attached hydrogens (tertiary/aromatic N) is 5. The smallest absolute Gasteiger partial charge is 0.226 e. The number of aryl methyl sites for hydroxylation is 2. The van der Waals surface area contributed by atoms with E-state index in [0.29, 0.717) is 25.5 Å². The van der Waals surface area contributed by atoms with Crippen LogP contribution in [0.1, 0.15) is 11.3 Å². The van der Waals surface area contributed by atoms with Gasteiger partial charge in [0.1, 0.15) is 12.0 Å². The van der Waals surface area contributed by atoms with E-state index in [1.165, 1.54) is 6.33 Å². The van der Waals surface area contributed by atoms with Gasteiger partial charge < -0.3 is 15.0 Å². The number of fused-ring (bicyclic) bond motifs is 1. The van der Waals surface area contributed by atoms with Crippen molar-refractivity contribution in [3.05, 3.63) is 42.1 Å². The Bertz CT molecular complexity index is 820. The molecule has 8 nitrogen and oxygen atoms in total. The van der Waals surface area contributed by atoms with Gasteiger partial charge in [-0.3, -0.25) is 4.79 Å². The first-order valence-electron chi connectivity index (χ1n) is 7.41. The molecule has 2 N–H and O–H groups in total. The maximum absolute atomic E-state index is 12.1. The van der Waals surface area contributed by atoms with Crippen LogP contribution in [0.5, 0.6) is 0 Å². The normalized spacial score (nSPS) is 10.9. The molecule has 0 saturated heterocycles. The number of carbonyl (C=O) groups excluding carboxylic acids is 1. The number of hydrogen-bond donors (Lipinski definition) is 2. The first-order valence-corrected chi connectivity index (χ1v) is 7.41. The molecular formula is C15H19N7O. The number of anilines is 1. The van der Waals surface area contributed by atoms with Crippen molar-refractivity contribution in [3.63, 3.8) is 0 Å². The van der Waals surface area contributed by atoms with Gasteiger partial charge in [0.15, 0.2) is 0 Å². The second-order valence-electron chi connectivity index (χ2n) is 5.30. The van der Waals surface area contributed by atoms with Gasteiger partial charge in [0.05, 0.1) is 12.1 Å². The van der Waals surface area contributed by atoms with E-state index >= 15 is 0 Å². The van der Waals surface area contributed by atoms with E-state index in [4.69, 9.17) is 0 Å². The summed E-state index contributed by atoms with van der Waals surface area (Å²) in [6.45, 7) is 3.11. The number of imidazole rings is 1. The molecule has 0 spiro atoms. The molecule has 0 aromatic carbocycles. The fourth-order valence-electron chi connectivity index (χ4n) is 2.39. The van der Waals surface area contributed by atoms with Crippen LogP contribution >= 0.6 is 0 Å². The molecule has 0 aliphatic rings. The lowest BCUT2D eigenvalue weighted by atomic mass is 10.3. The monoisotopic (exact) mass is 313 g/mol. The van der Waals surface area contributed by atoms with Crippen molar-refractivity contribution in [1.29, 1.82) is 0 Å². The Kier molecular flexibility index (Phi) is 4.22. The molecular weight excluding hydrogens is 294 g/mol. The number of nitrogens with one attached hydrogen (secondary N) is 2. The molecule has 1 amide bonds. The van der Waals surface area contributed by atoms with Gasteiger partial charge >= 0.3 is 0 Å². The summed E-state index contributed by atoms with van der Waals surface area (Å²) in [6, 6.07) is 3.96. The zero-order chi connectivity index (χ0) is 16.2. The number of aromatic nitrogens is 5. The topological polar surface area (TPSA) is 89.1 Å². The summed E-state index contributed by atoms with van der Waals surface area (Å²) in [7, 11) is 1.81. The van der Waals surface area contributed by atoms with Crippen LogP contribution < -0.4 is 10.6 Å². The highest BCUT2D eigenvalue weighted by Crippen LogP contribution is 2.11. The van der Waals surface area contributed by atoms with Crippen molar-refractivity contribution >= 4 is 17.5 Å². The fourth-order valence-corrected chi connectivity index (χ4v) is 2.39. The van der Waals surface area contributed by atoms with Gasteiger partial charge in [-0.1, -0.05) is 6.07 Å². The van der Waals surface area contributed by atoms with Gasteiger partial charge in [-0.2, -0.15) is 10.1 Å². The Morgan fingerprint density at radius 2 is 2.17 bits per heavy atom. The van der Waals surface area contributed by atoms with Crippen LogP contribution in [0.2, 0.25) is 0 Å². The Balaban J connectivity index is 1.51. The van der Waals surface area contributed by atoms with Crippen LogP contribution in [0.25, 0.3) is 5.65 Å². The summed E-state index contributed by atoms with van der Waals surface area (Å²) in [5.74, 6) is 0.643. The third-order valence-corrected chi connectivity index (χ3v) is 3.59. The van der Waals surface area contributed by atoms with Crippen molar-refractivity contribution in [1.82, 2.24) is 29.5 Å². The number of rotatable bonds is 6. The molecule has 0 aliphatic carbocycles. The van der Waals surface area contributed by atoms with Crippen LogP contribution in [-0.2, 0) is 18.3 Å². The number of carbonyl (C=O) groups is 1. The number of hydrogen-bond acceptors (Lipinski definition) is 5. The Morgan fingerprint density at radius 3 is 2.96 bits per heavy atom. The predicted molar refractivity (Wildman–Crippen MR) is 86.1 cm³/mol. The van der Waals surface area contributed by atoms with Crippen molar-refractivity contribution in [2.24, 2.45) is 7.05 Å². The molecule has 0 aliphatic heterocycles. The van der Waals surface area contributed by atoms with E-state index in [-0.39, 0.29) is 5.91 Å². The molecule has 0 fully saturated rings. The predicted octanol–water partition coefficient (Wildman–Crippen LogP) is 0.542. The van der Waals surface area contributed by atoms with Gasteiger partial charge in [0.25, 0.3) is 0 Å². The zero-order valence-corrected chi connectivity index (χ0v) is 13.2. The van der Waals surface area contributed by atoms with Crippen LogP contribution in [-0.4, -0.2) is 43.1 Å². The molecule has 8 heteroatoms. The van der Waals surface area contributed by atoms with Crippen molar-refractivity contribution in [2.75, 3.05) is 18.4 Å². The average Bonchev–Trinajstić information content (AvgIpc) is 3.12. The highest BCUT2D eigenvalue weighted by atomic mass is 16.1. The van der Waals surface area contributed by atoms with Gasteiger partial charge in [-0.15, -0.1) is 0 Å². The Morgan fingerprint density at radius 1 is 1.30 bits per heavy atom. The van der Waals surface area contributed by atoms with Crippen molar-refractivity contribution in [3.8, 4) is 0 Å². The quantitative estimate of drug-likeness (QED) is 0.649. The van der Waals surface area contributed by atoms with Crippen LogP contribution in [0.3, 0.4) is 0 Å². The first kappa shape index (κ1) is 15.0. The average molecular weight is 313 g/mol. The van der Waals surface area contributed by atoms with E-state index in [2.05, 4.69) is 25.7 Å². The summed E-state index contributed by atoms with van der Waals surface area (Å²) < 4.78 is 3.59. The lowest BCUT2D eigenvalue weighted by molar-refractivity contribution is -0.120. The maximum atomic E-state index is 12.1. The summed E-state index contributed by atoms with van der Waals surface area (Å²) in [4.78, 5) is 20.5. The lowest BCUT2D eigenvalue weighted by Crippen LogP contribution is -2.30. The minimum absolute atomic E-state index is 0.0342. The highest BCUT2D eigenvalue weighted by molar-refractivity contribution is 5.78. The molecule has 3 heterocycles. The molecule has 0 atom stereocenters. The van der Waals surface area contributed by atoms with Gasteiger partial charge in [0.2, 0.25) is 11.9 Å². The first-order chi connectivity index (χ1) is 11.1. The molecule has 0 unspecified atom stereocenters. The minimum Gasteiger partial charge on any atom is -0.354 e. The molecule has 23 heavy (non-hydrogen) atoms. The summed E-state index contributed by atoms with van der Waals surface area (Å²) >= 11 is 0. The molecule has 0 saturated carbocycles. The van der Waals surface area contributed by atoms with Crippen molar-refractivity contribution < 1.29 is 4.79 Å². The van der Waals surface area contributed by atoms with E-state index in [0.717, 1.165) is 16.9 Å². The van der Waals surface area contributed by atoms with Crippen LogP contribution in [0.15, 0.2) is 30.9 Å². The summed E-state index contributed by atoms with van der Waals surface area (Å²) in [6.07, 6.45) is 5.45. The number of amides is 1. The zero-order valence-electron chi connectivity index (χ0n) is 13.2. The fraction of sp³-hybridized carbons (Fsp3) is 0.333. The number of pyridine rings is 1. The van der Waals surface area contributed by atoms with Gasteiger partial charge in [-0.25, -0.2) is 9.67 Å². The maximum Gasteiger partial charge on any atom is 0.226 e. The van der Waals surface area contributed by atoms with E-state index < -0.39 is 0 Å². The van der Waals surface area contributed by atoms with Gasteiger partial charge in [-0.05, 0) is 18.6 Å². The van der Waals surface area contributed by atoms with Crippen molar-refractivity contribution in [2.45, 2.75) is 13.3 Å². The minimum atomic E-state index is -0.0342. The van der Waals surface area contributed by atoms with Gasteiger partial charge in [0, 0.05) is 32.5 Å². The second-order valence-corrected chi connectivity index (χ2v) is 5.30. The largest absolute Gasteiger partial charge is 0.354 e. The lowest BCUT2D eigenvalue weighted by Gasteiger charge is -2.07. The second kappa shape index (κ2) is 6.47.